The first-order chi connectivity index (χ1) is 4.61. The summed E-state index contributed by atoms with van der Waals surface area (Å²) in [5.41, 5.74) is 0.978. The Morgan fingerprint density at radius 2 is 2.20 bits per heavy atom. The second-order valence-corrected chi connectivity index (χ2v) is 3.05. The van der Waals surface area contributed by atoms with Crippen LogP contribution in [-0.2, 0) is 0 Å². The summed E-state index contributed by atoms with van der Waals surface area (Å²) in [4.78, 5) is 6.46. The summed E-state index contributed by atoms with van der Waals surface area (Å²) in [6.07, 6.45) is 0. The van der Waals surface area contributed by atoms with Crippen LogP contribution < -0.4 is 0 Å². The molecule has 0 saturated carbocycles. The van der Waals surface area contributed by atoms with Crippen molar-refractivity contribution in [2.75, 3.05) is 13.6 Å². The van der Waals surface area contributed by atoms with Crippen LogP contribution in [0.5, 0.6) is 0 Å². The van der Waals surface area contributed by atoms with Crippen LogP contribution in [-0.4, -0.2) is 24.3 Å². The third-order valence-corrected chi connectivity index (χ3v) is 1.60. The zero-order chi connectivity index (χ0) is 7.72. The molecule has 1 aliphatic rings. The van der Waals surface area contributed by atoms with Gasteiger partial charge in [0.1, 0.15) is 5.84 Å². The lowest BCUT2D eigenvalue weighted by Crippen LogP contribution is -2.26. The predicted molar refractivity (Wildman–Crippen MR) is 44.0 cm³/mol. The molecular weight excluding hydrogens is 124 g/mol. The van der Waals surface area contributed by atoms with E-state index in [1.807, 2.05) is 0 Å². The van der Waals surface area contributed by atoms with Crippen molar-refractivity contribution < 1.29 is 0 Å². The minimum atomic E-state index is 0.518. The summed E-state index contributed by atoms with van der Waals surface area (Å²) in [6.45, 7) is 9.00. The van der Waals surface area contributed by atoms with E-state index < -0.39 is 0 Å². The quantitative estimate of drug-likeness (QED) is 0.536. The summed E-state index contributed by atoms with van der Waals surface area (Å²) >= 11 is 0. The Morgan fingerprint density at radius 3 is 2.40 bits per heavy atom. The fraction of sp³-hybridized carbons (Fsp3) is 0.625. The zero-order valence-electron chi connectivity index (χ0n) is 6.89. The van der Waals surface area contributed by atoms with E-state index in [9.17, 15) is 0 Å². The van der Waals surface area contributed by atoms with Crippen molar-refractivity contribution in [1.82, 2.24) is 4.90 Å². The number of likely N-dealkylation sites (N-methyl/N-ethyl adjacent to an activating group) is 1. The Kier molecular flexibility index (Phi) is 1.79. The number of nitrogens with zero attached hydrogens (tertiary/aromatic N) is 2. The van der Waals surface area contributed by atoms with Crippen LogP contribution in [0.2, 0.25) is 0 Å². The number of aliphatic imine (C=N–C) groups is 1. The van der Waals surface area contributed by atoms with Gasteiger partial charge in [-0.1, -0.05) is 20.4 Å². The van der Waals surface area contributed by atoms with Gasteiger partial charge < -0.3 is 4.90 Å². The van der Waals surface area contributed by atoms with E-state index in [2.05, 4.69) is 37.4 Å². The molecule has 10 heavy (non-hydrogen) atoms. The highest BCUT2D eigenvalue weighted by Gasteiger charge is 2.17. The summed E-state index contributed by atoms with van der Waals surface area (Å²) in [7, 11) is 2.05. The van der Waals surface area contributed by atoms with Crippen LogP contribution in [0.25, 0.3) is 0 Å². The molecule has 0 aliphatic carbocycles. The number of hydrogen-bond donors (Lipinski definition) is 0. The number of rotatable bonds is 1. The molecule has 0 bridgehead atoms. The molecule has 0 aromatic carbocycles. The maximum Gasteiger partial charge on any atom is 0.107 e. The molecule has 1 heterocycles. The minimum Gasteiger partial charge on any atom is -0.357 e. The van der Waals surface area contributed by atoms with E-state index in [-0.39, 0.29) is 0 Å². The lowest BCUT2D eigenvalue weighted by Gasteiger charge is -2.15. The molecule has 0 aromatic heterocycles. The molecule has 2 heteroatoms. The fourth-order valence-corrected chi connectivity index (χ4v) is 1.21. The standard InChI is InChI=1S/C8H14N2/c1-6(2)8-9-7(3)5-10(8)4/h6H,3,5H2,1-2,4H3. The van der Waals surface area contributed by atoms with Crippen LogP contribution >= 0.6 is 0 Å². The molecule has 0 N–H and O–H groups in total. The Balaban J connectivity index is 2.75. The van der Waals surface area contributed by atoms with Gasteiger partial charge in [-0.2, -0.15) is 0 Å². The SMILES string of the molecule is C=C1CN(C)C(C(C)C)=N1. The first-order valence-corrected chi connectivity index (χ1v) is 3.58. The molecular formula is C8H14N2. The summed E-state index contributed by atoms with van der Waals surface area (Å²) in [5.74, 6) is 1.68. The van der Waals surface area contributed by atoms with Crippen LogP contribution in [0.15, 0.2) is 17.3 Å². The van der Waals surface area contributed by atoms with E-state index >= 15 is 0 Å². The first kappa shape index (κ1) is 7.32. The van der Waals surface area contributed by atoms with Crippen molar-refractivity contribution in [2.24, 2.45) is 10.9 Å². The van der Waals surface area contributed by atoms with E-state index in [1.54, 1.807) is 0 Å². The highest BCUT2D eigenvalue weighted by Crippen LogP contribution is 2.13. The molecule has 1 rings (SSSR count). The van der Waals surface area contributed by atoms with Crippen molar-refractivity contribution in [1.29, 1.82) is 0 Å². The van der Waals surface area contributed by atoms with Crippen molar-refractivity contribution in [3.63, 3.8) is 0 Å². The second kappa shape index (κ2) is 2.45. The van der Waals surface area contributed by atoms with Crippen LogP contribution in [0.1, 0.15) is 13.8 Å². The van der Waals surface area contributed by atoms with E-state index in [0.717, 1.165) is 18.1 Å². The van der Waals surface area contributed by atoms with Gasteiger partial charge in [0.2, 0.25) is 0 Å². The topological polar surface area (TPSA) is 15.6 Å². The molecule has 0 atom stereocenters. The highest BCUT2D eigenvalue weighted by atomic mass is 15.2. The van der Waals surface area contributed by atoms with Crippen molar-refractivity contribution in [3.8, 4) is 0 Å². The predicted octanol–water partition coefficient (Wildman–Crippen LogP) is 1.50. The largest absolute Gasteiger partial charge is 0.357 e. The average molecular weight is 138 g/mol. The lowest BCUT2D eigenvalue weighted by atomic mass is 10.2. The number of amidine groups is 1. The second-order valence-electron chi connectivity index (χ2n) is 3.05. The van der Waals surface area contributed by atoms with Crippen LogP contribution in [0.4, 0.5) is 0 Å². The Hall–Kier alpha value is -0.790. The smallest absolute Gasteiger partial charge is 0.107 e. The third-order valence-electron chi connectivity index (χ3n) is 1.60. The molecule has 0 spiro atoms. The van der Waals surface area contributed by atoms with Crippen molar-refractivity contribution in [3.05, 3.63) is 12.3 Å². The maximum absolute atomic E-state index is 4.32. The normalized spacial score (nSPS) is 18.6. The van der Waals surface area contributed by atoms with E-state index in [1.165, 1.54) is 0 Å². The fourth-order valence-electron chi connectivity index (χ4n) is 1.21. The van der Waals surface area contributed by atoms with Crippen LogP contribution in [0, 0.1) is 5.92 Å². The van der Waals surface area contributed by atoms with E-state index in [0.29, 0.717) is 5.92 Å². The molecule has 1 aliphatic heterocycles. The van der Waals surface area contributed by atoms with Gasteiger partial charge in [0.15, 0.2) is 0 Å². The van der Waals surface area contributed by atoms with Gasteiger partial charge in [-0.25, -0.2) is 4.99 Å². The van der Waals surface area contributed by atoms with Gasteiger partial charge in [-0.15, -0.1) is 0 Å². The number of hydrogen-bond acceptors (Lipinski definition) is 2. The Labute approximate surface area is 62.3 Å². The maximum atomic E-state index is 4.32. The Bertz CT molecular complexity index is 180. The van der Waals surface area contributed by atoms with E-state index in [4.69, 9.17) is 0 Å². The van der Waals surface area contributed by atoms with Gasteiger partial charge in [-0.05, 0) is 0 Å². The molecule has 0 saturated heterocycles. The molecule has 0 aromatic rings. The highest BCUT2D eigenvalue weighted by molar-refractivity contribution is 5.86. The van der Waals surface area contributed by atoms with Crippen molar-refractivity contribution in [2.45, 2.75) is 13.8 Å². The molecule has 2 nitrogen and oxygen atoms in total. The summed E-state index contributed by atoms with van der Waals surface area (Å²) in [6, 6.07) is 0. The molecule has 56 valence electrons. The third kappa shape index (κ3) is 1.20. The van der Waals surface area contributed by atoms with Gasteiger partial charge >= 0.3 is 0 Å². The van der Waals surface area contributed by atoms with Gasteiger partial charge in [0, 0.05) is 13.0 Å². The first-order valence-electron chi connectivity index (χ1n) is 3.58. The molecule has 0 radical (unpaired) electrons. The Morgan fingerprint density at radius 1 is 1.60 bits per heavy atom. The van der Waals surface area contributed by atoms with Gasteiger partial charge in [-0.3, -0.25) is 0 Å². The van der Waals surface area contributed by atoms with Crippen LogP contribution in [0.3, 0.4) is 0 Å². The summed E-state index contributed by atoms with van der Waals surface area (Å²) in [5, 5.41) is 0. The average Bonchev–Trinajstić information content (AvgIpc) is 2.10. The molecule has 0 unspecified atom stereocenters. The molecule has 0 amide bonds. The monoisotopic (exact) mass is 138 g/mol. The van der Waals surface area contributed by atoms with Crippen molar-refractivity contribution >= 4 is 5.84 Å². The van der Waals surface area contributed by atoms with Gasteiger partial charge in [0.25, 0.3) is 0 Å². The lowest BCUT2D eigenvalue weighted by molar-refractivity contribution is 0.545. The minimum absolute atomic E-state index is 0.518. The zero-order valence-corrected chi connectivity index (χ0v) is 6.89. The summed E-state index contributed by atoms with van der Waals surface area (Å²) < 4.78 is 0. The van der Waals surface area contributed by atoms with Gasteiger partial charge in [0.05, 0.1) is 12.2 Å². The molecule has 0 fully saturated rings.